The second-order valence-corrected chi connectivity index (χ2v) is 4.35. The number of nitrogens with one attached hydrogen (secondary N) is 2. The molecule has 1 aromatic heterocycles. The molecule has 0 unspecified atom stereocenters. The third-order valence-electron chi connectivity index (χ3n) is 2.86. The lowest BCUT2D eigenvalue weighted by Gasteiger charge is -2.03. The Balaban J connectivity index is 2.01. The average Bonchev–Trinajstić information content (AvgIpc) is 3.01. The fourth-order valence-corrected chi connectivity index (χ4v) is 1.73. The molecule has 0 aliphatic carbocycles. The highest BCUT2D eigenvalue weighted by Gasteiger charge is 2.05. The Morgan fingerprint density at radius 1 is 1.40 bits per heavy atom. The summed E-state index contributed by atoms with van der Waals surface area (Å²) in [6.45, 7) is 2.18. The molecule has 0 atom stereocenters. The summed E-state index contributed by atoms with van der Waals surface area (Å²) < 4.78 is 0. The monoisotopic (exact) mass is 268 g/mol. The highest BCUT2D eigenvalue weighted by atomic mass is 15.5. The SMILES string of the molecule is CCCCc1ccc(NC=C(C#N)c2nn[nH]n2)cc1. The molecule has 0 saturated carbocycles. The van der Waals surface area contributed by atoms with Gasteiger partial charge in [-0.05, 0) is 35.8 Å². The van der Waals surface area contributed by atoms with Gasteiger partial charge in [0.05, 0.1) is 0 Å². The van der Waals surface area contributed by atoms with E-state index >= 15 is 0 Å². The number of tetrazole rings is 1. The van der Waals surface area contributed by atoms with Crippen molar-refractivity contribution in [2.75, 3.05) is 5.32 Å². The van der Waals surface area contributed by atoms with Crippen LogP contribution in [0.5, 0.6) is 0 Å². The van der Waals surface area contributed by atoms with Crippen LogP contribution in [0.25, 0.3) is 5.57 Å². The number of anilines is 1. The Morgan fingerprint density at radius 3 is 2.80 bits per heavy atom. The average molecular weight is 268 g/mol. The van der Waals surface area contributed by atoms with Crippen molar-refractivity contribution >= 4 is 11.3 Å². The first kappa shape index (κ1) is 13.7. The van der Waals surface area contributed by atoms with Gasteiger partial charge in [0.1, 0.15) is 11.6 Å². The molecular weight excluding hydrogens is 252 g/mol. The van der Waals surface area contributed by atoms with Gasteiger partial charge in [-0.3, -0.25) is 0 Å². The maximum absolute atomic E-state index is 9.04. The van der Waals surface area contributed by atoms with Crippen molar-refractivity contribution in [1.29, 1.82) is 5.26 Å². The van der Waals surface area contributed by atoms with Crippen molar-refractivity contribution in [2.45, 2.75) is 26.2 Å². The third-order valence-corrected chi connectivity index (χ3v) is 2.86. The molecular formula is C14H16N6. The normalized spacial score (nSPS) is 11.1. The number of aryl methyl sites for hydroxylation is 1. The molecule has 1 aromatic carbocycles. The zero-order valence-electron chi connectivity index (χ0n) is 11.3. The van der Waals surface area contributed by atoms with Crippen LogP contribution in [0.4, 0.5) is 5.69 Å². The van der Waals surface area contributed by atoms with Crippen LogP contribution in [0.3, 0.4) is 0 Å². The second kappa shape index (κ2) is 7.04. The number of allylic oxidation sites excluding steroid dienone is 1. The quantitative estimate of drug-likeness (QED) is 0.785. The summed E-state index contributed by atoms with van der Waals surface area (Å²) in [6.07, 6.45) is 5.06. The van der Waals surface area contributed by atoms with Crippen LogP contribution < -0.4 is 5.32 Å². The standard InChI is InChI=1S/C14H16N6/c1-2-3-4-11-5-7-13(8-6-11)16-10-12(9-15)14-17-19-20-18-14/h5-8,10,16H,2-4H2,1H3,(H,17,18,19,20). The lowest BCUT2D eigenvalue weighted by molar-refractivity contribution is 0.795. The molecule has 0 aliphatic heterocycles. The first-order chi connectivity index (χ1) is 9.83. The number of rotatable bonds is 6. The molecule has 0 amide bonds. The first-order valence-corrected chi connectivity index (χ1v) is 6.53. The Kier molecular flexibility index (Phi) is 4.84. The Hall–Kier alpha value is -2.68. The van der Waals surface area contributed by atoms with E-state index < -0.39 is 0 Å². The summed E-state index contributed by atoms with van der Waals surface area (Å²) in [6, 6.07) is 10.2. The molecule has 0 radical (unpaired) electrons. The summed E-state index contributed by atoms with van der Waals surface area (Å²) in [5.74, 6) is 0.277. The lowest BCUT2D eigenvalue weighted by atomic mass is 10.1. The summed E-state index contributed by atoms with van der Waals surface area (Å²) in [5.41, 5.74) is 2.57. The van der Waals surface area contributed by atoms with E-state index in [4.69, 9.17) is 5.26 Å². The van der Waals surface area contributed by atoms with Crippen LogP contribution in [-0.2, 0) is 6.42 Å². The summed E-state index contributed by atoms with van der Waals surface area (Å²) in [4.78, 5) is 0. The predicted octanol–water partition coefficient (Wildman–Crippen LogP) is 2.52. The Bertz CT molecular complexity index is 592. The molecule has 2 aromatic rings. The van der Waals surface area contributed by atoms with E-state index in [1.54, 1.807) is 6.20 Å². The zero-order valence-corrected chi connectivity index (χ0v) is 11.3. The summed E-state index contributed by atoms with van der Waals surface area (Å²) in [7, 11) is 0. The number of nitrogens with zero attached hydrogens (tertiary/aromatic N) is 4. The van der Waals surface area contributed by atoms with E-state index in [0.29, 0.717) is 5.57 Å². The third kappa shape index (κ3) is 3.65. The van der Waals surface area contributed by atoms with E-state index in [1.165, 1.54) is 18.4 Å². The fourth-order valence-electron chi connectivity index (χ4n) is 1.73. The van der Waals surface area contributed by atoms with Gasteiger partial charge in [-0.15, -0.1) is 10.2 Å². The molecule has 0 spiro atoms. The minimum Gasteiger partial charge on any atom is -0.360 e. The fraction of sp³-hybridized carbons (Fsp3) is 0.286. The molecule has 6 nitrogen and oxygen atoms in total. The summed E-state index contributed by atoms with van der Waals surface area (Å²) in [5, 5.41) is 25.4. The van der Waals surface area contributed by atoms with Crippen molar-refractivity contribution < 1.29 is 0 Å². The highest BCUT2D eigenvalue weighted by molar-refractivity contribution is 5.73. The molecule has 20 heavy (non-hydrogen) atoms. The van der Waals surface area contributed by atoms with Gasteiger partial charge in [0, 0.05) is 11.9 Å². The molecule has 1 heterocycles. The Morgan fingerprint density at radius 2 is 2.20 bits per heavy atom. The van der Waals surface area contributed by atoms with Crippen LogP contribution in [0.15, 0.2) is 30.5 Å². The van der Waals surface area contributed by atoms with Crippen molar-refractivity contribution in [3.63, 3.8) is 0 Å². The van der Waals surface area contributed by atoms with Gasteiger partial charge in [0.25, 0.3) is 0 Å². The van der Waals surface area contributed by atoms with Crippen molar-refractivity contribution in [3.05, 3.63) is 41.9 Å². The molecule has 0 bridgehead atoms. The number of hydrogen-bond donors (Lipinski definition) is 2. The number of aromatic amines is 1. The molecule has 2 N–H and O–H groups in total. The lowest BCUT2D eigenvalue weighted by Crippen LogP contribution is -1.93. The van der Waals surface area contributed by atoms with Gasteiger partial charge >= 0.3 is 0 Å². The topological polar surface area (TPSA) is 90.3 Å². The van der Waals surface area contributed by atoms with Gasteiger partial charge in [-0.2, -0.15) is 10.5 Å². The van der Waals surface area contributed by atoms with Crippen LogP contribution in [0, 0.1) is 11.3 Å². The number of nitriles is 1. The molecule has 2 rings (SSSR count). The first-order valence-electron chi connectivity index (χ1n) is 6.53. The number of aromatic nitrogens is 4. The van der Waals surface area contributed by atoms with Gasteiger partial charge < -0.3 is 5.32 Å². The number of benzene rings is 1. The van der Waals surface area contributed by atoms with Crippen LogP contribution >= 0.6 is 0 Å². The molecule has 0 saturated heterocycles. The minimum absolute atomic E-state index is 0.277. The van der Waals surface area contributed by atoms with E-state index in [-0.39, 0.29) is 5.82 Å². The number of unbranched alkanes of at least 4 members (excludes halogenated alkanes) is 1. The Labute approximate surface area is 117 Å². The van der Waals surface area contributed by atoms with Gasteiger partial charge in [-0.25, -0.2) is 0 Å². The van der Waals surface area contributed by atoms with Gasteiger partial charge in [0.15, 0.2) is 0 Å². The molecule has 6 heteroatoms. The molecule has 0 fully saturated rings. The maximum Gasteiger partial charge on any atom is 0.216 e. The van der Waals surface area contributed by atoms with Crippen LogP contribution in [0.1, 0.15) is 31.2 Å². The van der Waals surface area contributed by atoms with E-state index in [2.05, 4.69) is 45.0 Å². The smallest absolute Gasteiger partial charge is 0.216 e. The molecule has 0 aliphatic rings. The highest BCUT2D eigenvalue weighted by Crippen LogP contribution is 2.13. The van der Waals surface area contributed by atoms with Crippen LogP contribution in [-0.4, -0.2) is 20.6 Å². The van der Waals surface area contributed by atoms with Crippen molar-refractivity contribution in [2.24, 2.45) is 0 Å². The second-order valence-electron chi connectivity index (χ2n) is 4.35. The number of H-pyrrole nitrogens is 1. The number of hydrogen-bond acceptors (Lipinski definition) is 5. The van der Waals surface area contributed by atoms with E-state index in [1.807, 2.05) is 18.2 Å². The van der Waals surface area contributed by atoms with Crippen molar-refractivity contribution in [1.82, 2.24) is 20.6 Å². The van der Waals surface area contributed by atoms with Crippen molar-refractivity contribution in [3.8, 4) is 6.07 Å². The van der Waals surface area contributed by atoms with Crippen LogP contribution in [0.2, 0.25) is 0 Å². The predicted molar refractivity (Wildman–Crippen MR) is 76.4 cm³/mol. The largest absolute Gasteiger partial charge is 0.360 e. The summed E-state index contributed by atoms with van der Waals surface area (Å²) >= 11 is 0. The minimum atomic E-state index is 0.277. The van der Waals surface area contributed by atoms with Gasteiger partial charge in [-0.1, -0.05) is 25.5 Å². The zero-order chi connectivity index (χ0) is 14.2. The maximum atomic E-state index is 9.04. The van der Waals surface area contributed by atoms with E-state index in [9.17, 15) is 0 Å². The molecule has 102 valence electrons. The van der Waals surface area contributed by atoms with Gasteiger partial charge in [0.2, 0.25) is 5.82 Å². The van der Waals surface area contributed by atoms with E-state index in [0.717, 1.165) is 12.1 Å².